The Labute approximate surface area is 245 Å². The van der Waals surface area contributed by atoms with Gasteiger partial charge in [0.15, 0.2) is 11.5 Å². The molecule has 6 atom stereocenters. The van der Waals surface area contributed by atoms with Gasteiger partial charge in [-0.05, 0) is 80.3 Å². The van der Waals surface area contributed by atoms with Gasteiger partial charge < -0.3 is 19.7 Å². The van der Waals surface area contributed by atoms with E-state index in [4.69, 9.17) is 4.42 Å². The number of aromatic hydroxyl groups is 1. The number of carbonyl (C=O) groups excluding carboxylic acids is 1. The van der Waals surface area contributed by atoms with Crippen LogP contribution in [0.25, 0.3) is 22.3 Å². The van der Waals surface area contributed by atoms with E-state index >= 15 is 0 Å². The summed E-state index contributed by atoms with van der Waals surface area (Å²) in [5.74, 6) is 7.08. The number of fused-ring (bicyclic) bond motifs is 6. The quantitative estimate of drug-likeness (QED) is 0.286. The van der Waals surface area contributed by atoms with Crippen molar-refractivity contribution in [1.82, 2.24) is 0 Å². The third-order valence-electron chi connectivity index (χ3n) is 11.6. The van der Waals surface area contributed by atoms with E-state index in [1.54, 1.807) is 0 Å². The number of carbonyl (C=O) groups is 2. The molecule has 0 spiro atoms. The second kappa shape index (κ2) is 9.34. The molecule has 4 aliphatic rings. The summed E-state index contributed by atoms with van der Waals surface area (Å²) in [6.07, 6.45) is 8.87. The Morgan fingerprint density at radius 3 is 2.52 bits per heavy atom. The predicted octanol–water partition coefficient (Wildman–Crippen LogP) is 7.12. The van der Waals surface area contributed by atoms with Crippen LogP contribution in [0.2, 0.25) is 0 Å². The van der Waals surface area contributed by atoms with Crippen LogP contribution < -0.4 is 0 Å². The molecule has 4 aliphatic carbocycles. The number of phenols is 1. The fourth-order valence-electron chi connectivity index (χ4n) is 9.17. The number of benzene rings is 2. The number of hydrogen-bond donors (Lipinski definition) is 3. The van der Waals surface area contributed by atoms with Crippen LogP contribution in [0, 0.1) is 40.4 Å². The molecular weight excluding hydrogens is 528 g/mol. The minimum absolute atomic E-state index is 0.0677. The molecule has 3 N–H and O–H groups in total. The van der Waals surface area contributed by atoms with Crippen LogP contribution in [0.15, 0.2) is 58.5 Å². The number of hydrogen-bond acceptors (Lipinski definition) is 5. The van der Waals surface area contributed by atoms with Crippen molar-refractivity contribution in [3.8, 4) is 28.9 Å². The third kappa shape index (κ3) is 3.83. The van der Waals surface area contributed by atoms with Crippen LogP contribution in [0.1, 0.15) is 81.1 Å². The van der Waals surface area contributed by atoms with Crippen LogP contribution in [0.5, 0.6) is 5.75 Å². The van der Waals surface area contributed by atoms with Gasteiger partial charge in [-0.2, -0.15) is 0 Å². The van der Waals surface area contributed by atoms with E-state index in [0.717, 1.165) is 44.1 Å². The van der Waals surface area contributed by atoms with Crippen LogP contribution in [-0.2, 0) is 4.79 Å². The molecule has 3 fully saturated rings. The highest BCUT2D eigenvalue weighted by Gasteiger charge is 2.63. The predicted molar refractivity (Wildman–Crippen MR) is 159 cm³/mol. The molecule has 0 amide bonds. The molecule has 0 saturated heterocycles. The van der Waals surface area contributed by atoms with Crippen molar-refractivity contribution >= 4 is 22.7 Å². The first-order chi connectivity index (χ1) is 20.0. The average molecular weight is 565 g/mol. The summed E-state index contributed by atoms with van der Waals surface area (Å²) < 4.78 is 6.15. The van der Waals surface area contributed by atoms with Crippen molar-refractivity contribution in [1.29, 1.82) is 0 Å². The van der Waals surface area contributed by atoms with E-state index in [-0.39, 0.29) is 27.9 Å². The van der Waals surface area contributed by atoms with Crippen LogP contribution in [0.3, 0.4) is 0 Å². The van der Waals surface area contributed by atoms with Crippen LogP contribution >= 0.6 is 0 Å². The van der Waals surface area contributed by atoms with Gasteiger partial charge in [0, 0.05) is 28.9 Å². The summed E-state index contributed by atoms with van der Waals surface area (Å²) in [6, 6.07) is 12.2. The monoisotopic (exact) mass is 564 g/mol. The first kappa shape index (κ1) is 27.0. The zero-order chi connectivity index (χ0) is 29.4. The van der Waals surface area contributed by atoms with Gasteiger partial charge in [0.1, 0.15) is 22.5 Å². The number of aliphatic hydroxyl groups is 1. The van der Waals surface area contributed by atoms with Crippen molar-refractivity contribution in [2.75, 3.05) is 0 Å². The molecule has 7 rings (SSSR count). The van der Waals surface area contributed by atoms with Gasteiger partial charge in [0.25, 0.3) is 0 Å². The second-order valence-corrected chi connectivity index (χ2v) is 13.4. The minimum atomic E-state index is -1.24. The van der Waals surface area contributed by atoms with E-state index in [9.17, 15) is 24.9 Å². The fourth-order valence-corrected chi connectivity index (χ4v) is 9.17. The van der Waals surface area contributed by atoms with Crippen molar-refractivity contribution < 1.29 is 29.3 Å². The van der Waals surface area contributed by atoms with Crippen molar-refractivity contribution in [3.05, 3.63) is 65.2 Å². The largest absolute Gasteiger partial charge is 0.507 e. The number of carboxylic acid groups (broad SMARTS) is 1. The van der Waals surface area contributed by atoms with Crippen LogP contribution in [0.4, 0.5) is 0 Å². The molecular formula is C36H36O6. The number of allylic oxidation sites excluding steroid dienone is 1. The molecule has 42 heavy (non-hydrogen) atoms. The highest BCUT2D eigenvalue weighted by atomic mass is 16.4. The lowest BCUT2D eigenvalue weighted by Crippen LogP contribution is -2.54. The van der Waals surface area contributed by atoms with E-state index in [2.05, 4.69) is 25.7 Å². The average Bonchev–Trinajstić information content (AvgIpc) is 3.46. The molecule has 3 aromatic rings. The highest BCUT2D eigenvalue weighted by molar-refractivity contribution is 6.00. The Morgan fingerprint density at radius 1 is 1.00 bits per heavy atom. The molecule has 1 heterocycles. The molecule has 6 nitrogen and oxygen atoms in total. The number of rotatable bonds is 2. The third-order valence-corrected chi connectivity index (χ3v) is 11.6. The Balaban J connectivity index is 1.29. The lowest BCUT2D eigenvalue weighted by Gasteiger charge is -2.58. The van der Waals surface area contributed by atoms with E-state index in [0.29, 0.717) is 52.9 Å². The van der Waals surface area contributed by atoms with E-state index < -0.39 is 11.6 Å². The summed E-state index contributed by atoms with van der Waals surface area (Å²) >= 11 is 0. The molecule has 3 saturated carbocycles. The lowest BCUT2D eigenvalue weighted by atomic mass is 9.46. The number of carboxylic acids is 1. The first-order valence-corrected chi connectivity index (χ1v) is 15.1. The van der Waals surface area contributed by atoms with Gasteiger partial charge in [-0.3, -0.25) is 4.79 Å². The number of ketones is 1. The standard InChI is InChI=1S/C36H36O6/c1-34-14-10-23(37)18-22(34)8-9-25-28(34)12-15-35(2)29(25)13-17-36(35,41)16-11-24-26-19-27(33(39)40)30(38)20-31(26)42-32(24)21-6-4-3-5-7-21/h3-7,18-20,25,28-29,38,41H,8-10,12-15,17H2,1-2H3,(H,39,40)/t25-,28+,29+,34+,35+,36+/m1/s1. The molecule has 0 bridgehead atoms. The normalized spacial score (nSPS) is 33.6. The molecule has 0 radical (unpaired) electrons. The van der Waals surface area contributed by atoms with Gasteiger partial charge in [-0.25, -0.2) is 4.79 Å². The maximum absolute atomic E-state index is 12.3. The maximum Gasteiger partial charge on any atom is 0.339 e. The van der Waals surface area contributed by atoms with Gasteiger partial charge >= 0.3 is 5.97 Å². The molecule has 216 valence electrons. The van der Waals surface area contributed by atoms with Crippen LogP contribution in [-0.4, -0.2) is 32.7 Å². The van der Waals surface area contributed by atoms with E-state index in [1.807, 2.05) is 36.4 Å². The van der Waals surface area contributed by atoms with Crippen molar-refractivity contribution in [2.45, 2.75) is 70.8 Å². The summed E-state index contributed by atoms with van der Waals surface area (Å²) in [6.45, 7) is 4.57. The SMILES string of the molecule is C[C@]12CCC(=O)C=C1CC[C@@H]1[C@@H]2CC[C@@]2(C)[C@H]1CC[C@@]2(O)C#Cc1c(-c2ccccc2)oc2cc(O)c(C(=O)O)cc12. The summed E-state index contributed by atoms with van der Waals surface area (Å²) in [4.78, 5) is 24.0. The Morgan fingerprint density at radius 2 is 1.76 bits per heavy atom. The Bertz CT molecular complexity index is 1720. The fraction of sp³-hybridized carbons (Fsp3) is 0.444. The van der Waals surface area contributed by atoms with Gasteiger partial charge in [-0.1, -0.05) is 61.6 Å². The zero-order valence-electron chi connectivity index (χ0n) is 24.1. The summed E-state index contributed by atoms with van der Waals surface area (Å²) in [7, 11) is 0. The molecule has 2 aromatic carbocycles. The van der Waals surface area contributed by atoms with Gasteiger partial charge in [0.05, 0.1) is 5.56 Å². The Kier molecular flexibility index (Phi) is 6.01. The van der Waals surface area contributed by atoms with Gasteiger partial charge in [-0.15, -0.1) is 0 Å². The highest BCUT2D eigenvalue weighted by Crippen LogP contribution is 2.67. The summed E-state index contributed by atoms with van der Waals surface area (Å²) in [5, 5.41) is 32.8. The minimum Gasteiger partial charge on any atom is -0.507 e. The van der Waals surface area contributed by atoms with Crippen molar-refractivity contribution in [3.63, 3.8) is 0 Å². The van der Waals surface area contributed by atoms with Gasteiger partial charge in [0.2, 0.25) is 0 Å². The van der Waals surface area contributed by atoms with Crippen molar-refractivity contribution in [2.24, 2.45) is 28.6 Å². The molecule has 0 unspecified atom stereocenters. The zero-order valence-corrected chi connectivity index (χ0v) is 24.1. The second-order valence-electron chi connectivity index (χ2n) is 13.4. The number of aromatic carboxylic acids is 1. The number of furan rings is 1. The maximum atomic E-state index is 12.3. The molecule has 1 aromatic heterocycles. The molecule has 6 heteroatoms. The molecule has 0 aliphatic heterocycles. The lowest BCUT2D eigenvalue weighted by molar-refractivity contribution is -0.119. The van der Waals surface area contributed by atoms with E-state index in [1.165, 1.54) is 17.7 Å². The topological polar surface area (TPSA) is 108 Å². The first-order valence-electron chi connectivity index (χ1n) is 15.1. The summed E-state index contributed by atoms with van der Waals surface area (Å²) in [5.41, 5.74) is 1.24. The Hall–Kier alpha value is -3.82. The smallest absolute Gasteiger partial charge is 0.339 e.